The Morgan fingerprint density at radius 3 is 2.78 bits per heavy atom. The number of carbonyl (C=O) groups excluding carboxylic acids is 1. The van der Waals surface area contributed by atoms with Gasteiger partial charge in [0.25, 0.3) is 5.91 Å². The molecule has 0 bridgehead atoms. The highest BCUT2D eigenvalue weighted by Gasteiger charge is 2.27. The predicted molar refractivity (Wildman–Crippen MR) is 65.7 cm³/mol. The fourth-order valence-corrected chi connectivity index (χ4v) is 2.29. The summed E-state index contributed by atoms with van der Waals surface area (Å²) >= 11 is 0. The molecular weight excluding hydrogens is 232 g/mol. The Morgan fingerprint density at radius 2 is 2.11 bits per heavy atom. The van der Waals surface area contributed by atoms with Crippen molar-refractivity contribution in [1.29, 1.82) is 0 Å². The monoisotopic (exact) mass is 250 g/mol. The molecule has 1 saturated heterocycles. The maximum Gasteiger partial charge on any atom is 0.271 e. The molecule has 0 radical (unpaired) electrons. The molecule has 0 unspecified atom stereocenters. The molecule has 1 aromatic heterocycles. The van der Waals surface area contributed by atoms with E-state index in [2.05, 4.69) is 10.3 Å². The molecule has 6 nitrogen and oxygen atoms in total. The molecule has 18 heavy (non-hydrogen) atoms. The zero-order valence-electron chi connectivity index (χ0n) is 10.3. The van der Waals surface area contributed by atoms with E-state index in [-0.39, 0.29) is 5.91 Å². The number of imidazole rings is 1. The van der Waals surface area contributed by atoms with Crippen LogP contribution < -0.4 is 11.2 Å². The average Bonchev–Trinajstić information content (AvgIpc) is 3.11. The smallest absolute Gasteiger partial charge is 0.271 e. The van der Waals surface area contributed by atoms with Crippen LogP contribution in [-0.2, 0) is 4.74 Å². The van der Waals surface area contributed by atoms with Crippen molar-refractivity contribution in [3.63, 3.8) is 0 Å². The lowest BCUT2D eigenvalue weighted by atomic mass is 10.00. The second-order valence-corrected chi connectivity index (χ2v) is 5.01. The van der Waals surface area contributed by atoms with Crippen LogP contribution in [0.1, 0.15) is 47.9 Å². The van der Waals surface area contributed by atoms with E-state index < -0.39 is 0 Å². The molecular formula is C12H18N4O2. The van der Waals surface area contributed by atoms with Gasteiger partial charge in [-0.3, -0.25) is 4.79 Å². The zero-order valence-corrected chi connectivity index (χ0v) is 10.3. The van der Waals surface area contributed by atoms with Crippen LogP contribution in [0.25, 0.3) is 0 Å². The van der Waals surface area contributed by atoms with Crippen LogP contribution >= 0.6 is 0 Å². The Bertz CT molecular complexity index is 447. The van der Waals surface area contributed by atoms with Gasteiger partial charge in [-0.15, -0.1) is 0 Å². The fraction of sp³-hybridized carbons (Fsp3) is 0.667. The number of carbonyl (C=O) groups is 1. The number of ether oxygens (including phenoxy) is 1. The number of amides is 1. The van der Waals surface area contributed by atoms with Crippen molar-refractivity contribution in [2.24, 2.45) is 0 Å². The van der Waals surface area contributed by atoms with Crippen molar-refractivity contribution < 1.29 is 9.53 Å². The Labute approximate surface area is 105 Å². The topological polar surface area (TPSA) is 82.2 Å². The highest BCUT2D eigenvalue weighted by Crippen LogP contribution is 2.26. The van der Waals surface area contributed by atoms with Gasteiger partial charge in [-0.05, 0) is 25.7 Å². The lowest BCUT2D eigenvalue weighted by molar-refractivity contribution is 0.0830. The van der Waals surface area contributed by atoms with E-state index >= 15 is 0 Å². The number of nitrogen functional groups attached to an aromatic ring is 1. The first-order valence-electron chi connectivity index (χ1n) is 6.47. The SMILES string of the molecule is Nn1c(C(=O)NC2CC2)cnc1C1CCOCC1. The molecule has 3 rings (SSSR count). The van der Waals surface area contributed by atoms with Crippen LogP contribution in [0.5, 0.6) is 0 Å². The summed E-state index contributed by atoms with van der Waals surface area (Å²) in [4.78, 5) is 16.2. The van der Waals surface area contributed by atoms with E-state index in [1.54, 1.807) is 6.20 Å². The molecule has 98 valence electrons. The van der Waals surface area contributed by atoms with Gasteiger partial charge in [0.1, 0.15) is 11.5 Å². The van der Waals surface area contributed by atoms with Gasteiger partial charge in [-0.25, -0.2) is 9.66 Å². The molecule has 2 fully saturated rings. The second kappa shape index (κ2) is 4.61. The third-order valence-corrected chi connectivity index (χ3v) is 3.56. The predicted octanol–water partition coefficient (Wildman–Crippen LogP) is 0.383. The number of nitrogens with zero attached hydrogens (tertiary/aromatic N) is 2. The zero-order chi connectivity index (χ0) is 12.5. The first-order valence-corrected chi connectivity index (χ1v) is 6.47. The van der Waals surface area contributed by atoms with Crippen molar-refractivity contribution in [1.82, 2.24) is 15.0 Å². The molecule has 6 heteroatoms. The van der Waals surface area contributed by atoms with Crippen molar-refractivity contribution in [3.8, 4) is 0 Å². The Balaban J connectivity index is 1.75. The van der Waals surface area contributed by atoms with Gasteiger partial charge in [-0.1, -0.05) is 0 Å². The minimum atomic E-state index is -0.120. The van der Waals surface area contributed by atoms with Gasteiger partial charge < -0.3 is 15.9 Å². The summed E-state index contributed by atoms with van der Waals surface area (Å²) in [6, 6.07) is 0.332. The summed E-state index contributed by atoms with van der Waals surface area (Å²) in [7, 11) is 0. The maximum atomic E-state index is 11.9. The van der Waals surface area contributed by atoms with Crippen LogP contribution in [0.2, 0.25) is 0 Å². The molecule has 1 aliphatic heterocycles. The molecule has 0 spiro atoms. The molecule has 1 aromatic rings. The lowest BCUT2D eigenvalue weighted by Crippen LogP contribution is -2.31. The first kappa shape index (κ1) is 11.5. The minimum Gasteiger partial charge on any atom is -0.381 e. The molecule has 3 N–H and O–H groups in total. The molecule has 1 amide bonds. The van der Waals surface area contributed by atoms with Crippen LogP contribution in [0.15, 0.2) is 6.20 Å². The molecule has 0 aromatic carbocycles. The van der Waals surface area contributed by atoms with Crippen molar-refractivity contribution >= 4 is 5.91 Å². The van der Waals surface area contributed by atoms with E-state index in [0.29, 0.717) is 17.7 Å². The van der Waals surface area contributed by atoms with E-state index in [0.717, 1.165) is 44.7 Å². The number of nitrogens with one attached hydrogen (secondary N) is 1. The lowest BCUT2D eigenvalue weighted by Gasteiger charge is -2.21. The third kappa shape index (κ3) is 2.20. The Kier molecular flexibility index (Phi) is 2.95. The van der Waals surface area contributed by atoms with Gasteiger partial charge >= 0.3 is 0 Å². The number of nitrogens with two attached hydrogens (primary N) is 1. The summed E-state index contributed by atoms with van der Waals surface area (Å²) in [6.45, 7) is 1.47. The number of hydrogen-bond acceptors (Lipinski definition) is 4. The molecule has 1 saturated carbocycles. The average molecular weight is 250 g/mol. The minimum absolute atomic E-state index is 0.120. The first-order chi connectivity index (χ1) is 8.75. The maximum absolute atomic E-state index is 11.9. The van der Waals surface area contributed by atoms with Gasteiger partial charge in [0, 0.05) is 25.2 Å². The Morgan fingerprint density at radius 1 is 1.39 bits per heavy atom. The molecule has 0 atom stereocenters. The Hall–Kier alpha value is -1.56. The standard InChI is InChI=1S/C12H18N4O2/c13-16-10(12(17)15-9-1-2-9)7-14-11(16)8-3-5-18-6-4-8/h7-9H,1-6,13H2,(H,15,17). The third-order valence-electron chi connectivity index (χ3n) is 3.56. The van der Waals surface area contributed by atoms with Crippen molar-refractivity contribution in [2.45, 2.75) is 37.6 Å². The van der Waals surface area contributed by atoms with E-state index in [1.807, 2.05) is 0 Å². The largest absolute Gasteiger partial charge is 0.381 e. The second-order valence-electron chi connectivity index (χ2n) is 5.01. The summed E-state index contributed by atoms with van der Waals surface area (Å²) in [6.07, 6.45) is 5.53. The fourth-order valence-electron chi connectivity index (χ4n) is 2.29. The van der Waals surface area contributed by atoms with Crippen molar-refractivity contribution in [2.75, 3.05) is 19.1 Å². The van der Waals surface area contributed by atoms with Crippen LogP contribution in [0.3, 0.4) is 0 Å². The van der Waals surface area contributed by atoms with Gasteiger partial charge in [0.15, 0.2) is 0 Å². The van der Waals surface area contributed by atoms with E-state index in [4.69, 9.17) is 10.6 Å². The molecule has 2 heterocycles. The highest BCUT2D eigenvalue weighted by atomic mass is 16.5. The summed E-state index contributed by atoms with van der Waals surface area (Å²) in [5.74, 6) is 6.95. The van der Waals surface area contributed by atoms with Gasteiger partial charge in [0.05, 0.1) is 6.20 Å². The van der Waals surface area contributed by atoms with Crippen LogP contribution in [-0.4, -0.2) is 34.8 Å². The quantitative estimate of drug-likeness (QED) is 0.760. The van der Waals surface area contributed by atoms with E-state index in [9.17, 15) is 4.79 Å². The summed E-state index contributed by atoms with van der Waals surface area (Å²) < 4.78 is 6.76. The highest BCUT2D eigenvalue weighted by molar-refractivity contribution is 5.92. The number of hydrogen-bond donors (Lipinski definition) is 2. The summed E-state index contributed by atoms with van der Waals surface area (Å²) in [5, 5.41) is 2.92. The van der Waals surface area contributed by atoms with Gasteiger partial charge in [0.2, 0.25) is 0 Å². The molecule has 1 aliphatic carbocycles. The number of aromatic nitrogens is 2. The van der Waals surface area contributed by atoms with Crippen molar-refractivity contribution in [3.05, 3.63) is 17.7 Å². The number of rotatable bonds is 3. The van der Waals surface area contributed by atoms with Gasteiger partial charge in [-0.2, -0.15) is 0 Å². The van der Waals surface area contributed by atoms with Crippen LogP contribution in [0.4, 0.5) is 0 Å². The molecule has 2 aliphatic rings. The summed E-state index contributed by atoms with van der Waals surface area (Å²) in [5.41, 5.74) is 0.448. The van der Waals surface area contributed by atoms with E-state index in [1.165, 1.54) is 4.68 Å². The normalized spacial score (nSPS) is 20.9. The van der Waals surface area contributed by atoms with Crippen LogP contribution in [0, 0.1) is 0 Å².